The number of nitrogens with zero attached hydrogens (tertiary/aromatic N) is 1. The molecule has 2 nitrogen and oxygen atoms in total. The maximum absolute atomic E-state index is 12.0. The second-order valence-corrected chi connectivity index (χ2v) is 7.07. The molecule has 1 heterocycles. The molecule has 1 aromatic carbocycles. The average Bonchev–Trinajstić information content (AvgIpc) is 2.48. The normalized spacial score (nSPS) is 12.1. The lowest BCUT2D eigenvalue weighted by Crippen LogP contribution is -2.03. The van der Waals surface area contributed by atoms with Gasteiger partial charge in [-0.25, -0.2) is 0 Å². The summed E-state index contributed by atoms with van der Waals surface area (Å²) in [5.74, 6) is 1.04. The van der Waals surface area contributed by atoms with E-state index in [1.165, 1.54) is 17.3 Å². The van der Waals surface area contributed by atoms with Crippen LogP contribution < -0.4 is 0 Å². The topological polar surface area (TPSA) is 30.0 Å². The van der Waals surface area contributed by atoms with Crippen molar-refractivity contribution in [1.29, 1.82) is 0 Å². The number of carbonyl (C=O) groups excluding carboxylic acids is 1. The lowest BCUT2D eigenvalue weighted by molar-refractivity contribution is -0.111. The molecule has 2 rings (SSSR count). The fraction of sp³-hybridized carbons (Fsp3) is 0.294. The van der Waals surface area contributed by atoms with E-state index in [-0.39, 0.29) is 11.0 Å². The first kappa shape index (κ1) is 16.2. The van der Waals surface area contributed by atoms with Crippen molar-refractivity contribution in [3.63, 3.8) is 0 Å². The van der Waals surface area contributed by atoms with E-state index >= 15 is 0 Å². The fourth-order valence-corrected chi connectivity index (χ4v) is 3.37. The molecule has 0 N–H and O–H groups in total. The Morgan fingerprint density at radius 2 is 2.05 bits per heavy atom. The van der Waals surface area contributed by atoms with E-state index in [1.807, 2.05) is 30.5 Å². The lowest BCUT2D eigenvalue weighted by Gasteiger charge is -2.10. The summed E-state index contributed by atoms with van der Waals surface area (Å²) in [6, 6.07) is 12.3. The molecule has 0 unspecified atom stereocenters. The minimum atomic E-state index is 0.201. The molecule has 0 bridgehead atoms. The summed E-state index contributed by atoms with van der Waals surface area (Å²) in [7, 11) is 0. The maximum Gasteiger partial charge on any atom is 0.189 e. The predicted molar refractivity (Wildman–Crippen MR) is 92.6 cm³/mol. The monoisotopic (exact) mass is 363 g/mol. The molecule has 0 aliphatic carbocycles. The molecular formula is C17H18BrNOS. The Kier molecular flexibility index (Phi) is 6.46. The summed E-state index contributed by atoms with van der Waals surface area (Å²) in [5, 5.41) is 0.249. The lowest BCUT2D eigenvalue weighted by atomic mass is 10.0. The maximum atomic E-state index is 12.0. The van der Waals surface area contributed by atoms with Crippen molar-refractivity contribution >= 4 is 32.8 Å². The molecule has 0 amide bonds. The highest BCUT2D eigenvalue weighted by atomic mass is 79.9. The van der Waals surface area contributed by atoms with Crippen LogP contribution in [0.25, 0.3) is 0 Å². The highest BCUT2D eigenvalue weighted by Crippen LogP contribution is 2.24. The average molecular weight is 364 g/mol. The number of hydrogen-bond donors (Lipinski definition) is 0. The summed E-state index contributed by atoms with van der Waals surface area (Å²) in [5.41, 5.74) is 2.38. The van der Waals surface area contributed by atoms with E-state index in [0.29, 0.717) is 6.42 Å². The van der Waals surface area contributed by atoms with Crippen molar-refractivity contribution < 1.29 is 4.79 Å². The van der Waals surface area contributed by atoms with Gasteiger partial charge in [-0.2, -0.15) is 0 Å². The number of aromatic nitrogens is 1. The minimum Gasteiger partial charge on any atom is -0.287 e. The quantitative estimate of drug-likeness (QED) is 0.735. The summed E-state index contributed by atoms with van der Waals surface area (Å²) < 4.78 is 0.955. The summed E-state index contributed by atoms with van der Waals surface area (Å²) >= 11 is 4.84. The van der Waals surface area contributed by atoms with Gasteiger partial charge in [0.2, 0.25) is 0 Å². The number of aryl methyl sites for hydroxylation is 1. The Morgan fingerprint density at radius 3 is 2.76 bits per heavy atom. The Morgan fingerprint density at radius 1 is 1.29 bits per heavy atom. The summed E-state index contributed by atoms with van der Waals surface area (Å²) in [4.78, 5) is 16.2. The molecular weight excluding hydrogens is 346 g/mol. The highest BCUT2D eigenvalue weighted by molar-refractivity contribution is 9.10. The third-order valence-electron chi connectivity index (χ3n) is 3.26. The van der Waals surface area contributed by atoms with Gasteiger partial charge < -0.3 is 0 Å². The first-order valence-electron chi connectivity index (χ1n) is 6.95. The fourth-order valence-electron chi connectivity index (χ4n) is 2.05. The molecule has 0 aliphatic heterocycles. The van der Waals surface area contributed by atoms with Crippen LogP contribution in [-0.2, 0) is 11.2 Å². The molecule has 2 aromatic rings. The van der Waals surface area contributed by atoms with Gasteiger partial charge in [0.25, 0.3) is 0 Å². The smallest absolute Gasteiger partial charge is 0.189 e. The van der Waals surface area contributed by atoms with Gasteiger partial charge in [0.05, 0.1) is 0 Å². The zero-order chi connectivity index (χ0) is 15.1. The van der Waals surface area contributed by atoms with Crippen LogP contribution in [0.15, 0.2) is 53.3 Å². The number of pyridine rings is 1. The molecule has 0 saturated heterocycles. The summed E-state index contributed by atoms with van der Waals surface area (Å²) in [6.45, 7) is 2.07. The van der Waals surface area contributed by atoms with E-state index in [0.717, 1.165) is 22.2 Å². The van der Waals surface area contributed by atoms with Gasteiger partial charge >= 0.3 is 0 Å². The minimum absolute atomic E-state index is 0.201. The molecule has 0 radical (unpaired) electrons. The van der Waals surface area contributed by atoms with Crippen LogP contribution in [0.1, 0.15) is 30.4 Å². The third kappa shape index (κ3) is 5.64. The zero-order valence-corrected chi connectivity index (χ0v) is 14.4. The highest BCUT2D eigenvalue weighted by Gasteiger charge is 2.12. The number of thioether (sulfide) groups is 1. The zero-order valence-electron chi connectivity index (χ0n) is 12.0. The number of benzene rings is 1. The predicted octanol–water partition coefficient (Wildman–Crippen LogP) is 4.84. The van der Waals surface area contributed by atoms with Crippen molar-refractivity contribution in [2.45, 2.75) is 25.7 Å². The molecule has 110 valence electrons. The van der Waals surface area contributed by atoms with Gasteiger partial charge in [-0.1, -0.05) is 49.0 Å². The van der Waals surface area contributed by atoms with Crippen molar-refractivity contribution in [3.05, 3.63) is 64.4 Å². The SMILES string of the molecule is C[C@H](CC(=O)SCCc1ccccc1)c1cncc(Br)c1. The van der Waals surface area contributed by atoms with Gasteiger partial charge in [0, 0.05) is 29.0 Å². The van der Waals surface area contributed by atoms with Gasteiger partial charge in [0.1, 0.15) is 0 Å². The van der Waals surface area contributed by atoms with E-state index in [1.54, 1.807) is 6.20 Å². The molecule has 21 heavy (non-hydrogen) atoms. The molecule has 1 aromatic heterocycles. The van der Waals surface area contributed by atoms with Crippen molar-refractivity contribution in [2.24, 2.45) is 0 Å². The van der Waals surface area contributed by atoms with Crippen molar-refractivity contribution in [2.75, 3.05) is 5.75 Å². The Balaban J connectivity index is 1.76. The van der Waals surface area contributed by atoms with E-state index in [2.05, 4.69) is 40.0 Å². The molecule has 0 aliphatic rings. The van der Waals surface area contributed by atoms with E-state index < -0.39 is 0 Å². The second-order valence-electron chi connectivity index (χ2n) is 5.00. The largest absolute Gasteiger partial charge is 0.287 e. The van der Waals surface area contributed by atoms with E-state index in [9.17, 15) is 4.79 Å². The van der Waals surface area contributed by atoms with Crippen molar-refractivity contribution in [1.82, 2.24) is 4.98 Å². The third-order valence-corrected chi connectivity index (χ3v) is 4.60. The van der Waals surface area contributed by atoms with Crippen LogP contribution in [-0.4, -0.2) is 15.9 Å². The van der Waals surface area contributed by atoms with Crippen molar-refractivity contribution in [3.8, 4) is 0 Å². The first-order chi connectivity index (χ1) is 10.1. The Hall–Kier alpha value is -1.13. The molecule has 1 atom stereocenters. The Labute approximate surface area is 138 Å². The number of rotatable bonds is 6. The van der Waals surface area contributed by atoms with Crippen LogP contribution in [0.2, 0.25) is 0 Å². The van der Waals surface area contributed by atoms with Crippen LogP contribution in [0, 0.1) is 0 Å². The first-order valence-corrected chi connectivity index (χ1v) is 8.73. The van der Waals surface area contributed by atoms with Gasteiger partial charge in [-0.3, -0.25) is 9.78 Å². The molecule has 0 fully saturated rings. The second kappa shape index (κ2) is 8.35. The summed E-state index contributed by atoms with van der Waals surface area (Å²) in [6.07, 6.45) is 5.08. The van der Waals surface area contributed by atoms with Crippen LogP contribution >= 0.6 is 27.7 Å². The number of carbonyl (C=O) groups is 1. The Bertz CT molecular complexity index is 588. The van der Waals surface area contributed by atoms with Crippen LogP contribution in [0.3, 0.4) is 0 Å². The van der Waals surface area contributed by atoms with E-state index in [4.69, 9.17) is 0 Å². The van der Waals surface area contributed by atoms with Crippen LogP contribution in [0.5, 0.6) is 0 Å². The molecule has 0 spiro atoms. The molecule has 0 saturated carbocycles. The standard InChI is InChI=1S/C17H18BrNOS/c1-13(15-10-16(18)12-19-11-15)9-17(20)21-8-7-14-5-3-2-4-6-14/h2-6,10-13H,7-9H2,1H3/t13-/m1/s1. The number of hydrogen-bond acceptors (Lipinski definition) is 3. The molecule has 4 heteroatoms. The van der Waals surface area contributed by atoms with Gasteiger partial charge in [-0.05, 0) is 45.5 Å². The number of halogens is 1. The van der Waals surface area contributed by atoms with Crippen LogP contribution in [0.4, 0.5) is 0 Å². The van der Waals surface area contributed by atoms with Gasteiger partial charge in [-0.15, -0.1) is 0 Å². The van der Waals surface area contributed by atoms with Gasteiger partial charge in [0.15, 0.2) is 5.12 Å².